The molecule has 3 aromatic rings. The van der Waals surface area contributed by atoms with Gasteiger partial charge in [-0.25, -0.2) is 4.39 Å². The van der Waals surface area contributed by atoms with Crippen LogP contribution in [0.15, 0.2) is 42.6 Å². The van der Waals surface area contributed by atoms with Crippen molar-refractivity contribution in [3.8, 4) is 22.4 Å². The largest absolute Gasteiger partial charge is 0.382 e. The molecule has 0 unspecified atom stereocenters. The molecule has 0 aliphatic carbocycles. The van der Waals surface area contributed by atoms with Crippen LogP contribution in [0.1, 0.15) is 5.69 Å². The first kappa shape index (κ1) is 12.3. The summed E-state index contributed by atoms with van der Waals surface area (Å²) in [6.07, 6.45) is 1.70. The first-order valence-electron chi connectivity index (χ1n) is 6.18. The summed E-state index contributed by atoms with van der Waals surface area (Å²) in [7, 11) is 0. The van der Waals surface area contributed by atoms with Crippen molar-refractivity contribution in [2.75, 3.05) is 5.73 Å². The van der Waals surface area contributed by atoms with Gasteiger partial charge in [0.2, 0.25) is 0 Å². The molecule has 5 heteroatoms. The molecule has 0 atom stereocenters. The van der Waals surface area contributed by atoms with Gasteiger partial charge in [0.05, 0.1) is 11.3 Å². The number of H-pyrrole nitrogens is 1. The number of anilines is 1. The van der Waals surface area contributed by atoms with Gasteiger partial charge in [-0.3, -0.25) is 10.1 Å². The number of nitrogens with one attached hydrogen (secondary N) is 1. The van der Waals surface area contributed by atoms with E-state index in [9.17, 15) is 4.39 Å². The lowest BCUT2D eigenvalue weighted by Crippen LogP contribution is -1.92. The zero-order valence-electron chi connectivity index (χ0n) is 10.9. The summed E-state index contributed by atoms with van der Waals surface area (Å²) in [5.74, 6) is -0.0489. The standard InChI is InChI=1S/C15H13FN4/c1-9-8-10(6-7-18-9)14-13(15(17)20-19-14)11-4-2-3-5-12(11)16/h2-8H,1H3,(H3,17,19,20). The Bertz CT molecular complexity index is 764. The van der Waals surface area contributed by atoms with Crippen molar-refractivity contribution in [1.29, 1.82) is 0 Å². The number of benzene rings is 1. The van der Waals surface area contributed by atoms with Crippen molar-refractivity contribution in [1.82, 2.24) is 15.2 Å². The van der Waals surface area contributed by atoms with Gasteiger partial charge in [0.25, 0.3) is 0 Å². The van der Waals surface area contributed by atoms with Crippen molar-refractivity contribution in [2.24, 2.45) is 0 Å². The number of hydrogen-bond acceptors (Lipinski definition) is 3. The summed E-state index contributed by atoms with van der Waals surface area (Å²) >= 11 is 0. The lowest BCUT2D eigenvalue weighted by Gasteiger charge is -2.06. The molecule has 0 saturated carbocycles. The maximum atomic E-state index is 14.0. The van der Waals surface area contributed by atoms with Gasteiger partial charge in [-0.05, 0) is 25.1 Å². The molecule has 2 heterocycles. The molecule has 0 aliphatic rings. The second kappa shape index (κ2) is 4.77. The maximum Gasteiger partial charge on any atom is 0.153 e. The second-order valence-corrected chi connectivity index (χ2v) is 4.52. The number of halogens is 1. The Balaban J connectivity index is 2.23. The number of nitrogens with zero attached hydrogens (tertiary/aromatic N) is 2. The number of aromatic amines is 1. The summed E-state index contributed by atoms with van der Waals surface area (Å²) in [4.78, 5) is 4.15. The predicted octanol–water partition coefficient (Wildman–Crippen LogP) is 3.17. The number of aromatic nitrogens is 3. The van der Waals surface area contributed by atoms with Crippen LogP contribution in [0.5, 0.6) is 0 Å². The summed E-state index contributed by atoms with van der Waals surface area (Å²) in [6, 6.07) is 10.2. The van der Waals surface area contributed by atoms with E-state index in [4.69, 9.17) is 5.73 Å². The smallest absolute Gasteiger partial charge is 0.153 e. The minimum Gasteiger partial charge on any atom is -0.382 e. The summed E-state index contributed by atoms with van der Waals surface area (Å²) in [5, 5.41) is 6.88. The van der Waals surface area contributed by atoms with Gasteiger partial charge in [-0.2, -0.15) is 5.10 Å². The number of aryl methyl sites for hydroxylation is 1. The average Bonchev–Trinajstić information content (AvgIpc) is 2.81. The second-order valence-electron chi connectivity index (χ2n) is 4.52. The van der Waals surface area contributed by atoms with Crippen molar-refractivity contribution in [3.63, 3.8) is 0 Å². The topological polar surface area (TPSA) is 67.6 Å². The molecule has 0 aliphatic heterocycles. The third-order valence-corrected chi connectivity index (χ3v) is 3.12. The Labute approximate surface area is 115 Å². The van der Waals surface area contributed by atoms with Crippen LogP contribution in [0.25, 0.3) is 22.4 Å². The van der Waals surface area contributed by atoms with Crippen LogP contribution >= 0.6 is 0 Å². The van der Waals surface area contributed by atoms with Gasteiger partial charge < -0.3 is 5.73 Å². The molecular weight excluding hydrogens is 255 g/mol. The lowest BCUT2D eigenvalue weighted by molar-refractivity contribution is 0.631. The molecule has 100 valence electrons. The Morgan fingerprint density at radius 1 is 1.20 bits per heavy atom. The normalized spacial score (nSPS) is 10.7. The van der Waals surface area contributed by atoms with Crippen molar-refractivity contribution in [2.45, 2.75) is 6.92 Å². The van der Waals surface area contributed by atoms with Gasteiger partial charge in [0.1, 0.15) is 5.82 Å². The Morgan fingerprint density at radius 3 is 2.75 bits per heavy atom. The van der Waals surface area contributed by atoms with Gasteiger partial charge >= 0.3 is 0 Å². The lowest BCUT2D eigenvalue weighted by atomic mass is 10.0. The first-order valence-corrected chi connectivity index (χ1v) is 6.18. The van der Waals surface area contributed by atoms with E-state index in [2.05, 4.69) is 15.2 Å². The highest BCUT2D eigenvalue weighted by Gasteiger charge is 2.17. The fourth-order valence-electron chi connectivity index (χ4n) is 2.20. The van der Waals surface area contributed by atoms with Crippen LogP contribution < -0.4 is 5.73 Å². The van der Waals surface area contributed by atoms with E-state index in [0.29, 0.717) is 16.8 Å². The van der Waals surface area contributed by atoms with E-state index in [-0.39, 0.29) is 11.6 Å². The number of nitrogens with two attached hydrogens (primary N) is 1. The number of rotatable bonds is 2. The molecule has 3 rings (SSSR count). The summed E-state index contributed by atoms with van der Waals surface area (Å²) in [6.45, 7) is 1.89. The first-order chi connectivity index (χ1) is 9.66. The molecule has 0 fully saturated rings. The van der Waals surface area contributed by atoms with Gasteiger partial charge in [-0.15, -0.1) is 0 Å². The molecule has 20 heavy (non-hydrogen) atoms. The SMILES string of the molecule is Cc1cc(-c2[nH]nc(N)c2-c2ccccc2F)ccn1. The van der Waals surface area contributed by atoms with Crippen LogP contribution in [-0.4, -0.2) is 15.2 Å². The van der Waals surface area contributed by atoms with E-state index in [1.54, 1.807) is 24.4 Å². The van der Waals surface area contributed by atoms with Crippen LogP contribution in [-0.2, 0) is 0 Å². The molecule has 0 saturated heterocycles. The quantitative estimate of drug-likeness (QED) is 0.750. The highest BCUT2D eigenvalue weighted by atomic mass is 19.1. The monoisotopic (exact) mass is 268 g/mol. The molecular formula is C15H13FN4. The third kappa shape index (κ3) is 2.03. The molecule has 2 aromatic heterocycles. The molecule has 0 bridgehead atoms. The predicted molar refractivity (Wildman–Crippen MR) is 76.4 cm³/mol. The molecule has 3 N–H and O–H groups in total. The van der Waals surface area contributed by atoms with Crippen LogP contribution in [0, 0.1) is 12.7 Å². The Hall–Kier alpha value is -2.69. The van der Waals surface area contributed by atoms with E-state index in [0.717, 1.165) is 11.3 Å². The van der Waals surface area contributed by atoms with Crippen molar-refractivity contribution in [3.05, 3.63) is 54.1 Å². The molecule has 0 radical (unpaired) electrons. The van der Waals surface area contributed by atoms with Crippen LogP contribution in [0.4, 0.5) is 10.2 Å². The maximum absolute atomic E-state index is 14.0. The van der Waals surface area contributed by atoms with E-state index in [1.165, 1.54) is 6.07 Å². The Morgan fingerprint density at radius 2 is 2.00 bits per heavy atom. The molecule has 1 aromatic carbocycles. The fraction of sp³-hybridized carbons (Fsp3) is 0.0667. The summed E-state index contributed by atoms with van der Waals surface area (Å²) in [5.41, 5.74) is 9.34. The minimum atomic E-state index is -0.326. The highest BCUT2D eigenvalue weighted by molar-refractivity contribution is 5.87. The summed E-state index contributed by atoms with van der Waals surface area (Å²) < 4.78 is 14.0. The minimum absolute atomic E-state index is 0.277. The van der Waals surface area contributed by atoms with Crippen LogP contribution in [0.2, 0.25) is 0 Å². The van der Waals surface area contributed by atoms with Crippen LogP contribution in [0.3, 0.4) is 0 Å². The van der Waals surface area contributed by atoms with Gasteiger partial charge in [0, 0.05) is 23.0 Å². The number of pyridine rings is 1. The average molecular weight is 268 g/mol. The highest BCUT2D eigenvalue weighted by Crippen LogP contribution is 2.35. The Kier molecular flexibility index (Phi) is 2.95. The fourth-order valence-corrected chi connectivity index (χ4v) is 2.20. The molecule has 0 spiro atoms. The third-order valence-electron chi connectivity index (χ3n) is 3.12. The van der Waals surface area contributed by atoms with E-state index in [1.807, 2.05) is 19.1 Å². The zero-order chi connectivity index (χ0) is 14.1. The van der Waals surface area contributed by atoms with E-state index >= 15 is 0 Å². The molecule has 4 nitrogen and oxygen atoms in total. The number of hydrogen-bond donors (Lipinski definition) is 2. The number of nitrogen functional groups attached to an aromatic ring is 1. The zero-order valence-corrected chi connectivity index (χ0v) is 10.9. The van der Waals surface area contributed by atoms with Gasteiger partial charge in [0.15, 0.2) is 5.82 Å². The van der Waals surface area contributed by atoms with Crippen molar-refractivity contribution >= 4 is 5.82 Å². The van der Waals surface area contributed by atoms with Crippen molar-refractivity contribution < 1.29 is 4.39 Å². The molecule has 0 amide bonds. The van der Waals surface area contributed by atoms with E-state index < -0.39 is 0 Å². The van der Waals surface area contributed by atoms with Gasteiger partial charge in [-0.1, -0.05) is 18.2 Å².